The third-order valence-corrected chi connectivity index (χ3v) is 3.96. The van der Waals surface area contributed by atoms with E-state index in [0.717, 1.165) is 18.2 Å². The van der Waals surface area contributed by atoms with Crippen LogP contribution in [0.2, 0.25) is 0 Å². The quantitative estimate of drug-likeness (QED) is 0.840. The Kier molecular flexibility index (Phi) is 5.76. The highest BCUT2D eigenvalue weighted by molar-refractivity contribution is 7.80. The molecule has 21 heavy (non-hydrogen) atoms. The monoisotopic (exact) mass is 298 g/mol. The van der Waals surface area contributed by atoms with E-state index in [1.807, 2.05) is 12.1 Å². The topological polar surface area (TPSA) is 15.3 Å². The second-order valence-electron chi connectivity index (χ2n) is 4.88. The number of thiocarbonyl (C=S) groups is 1. The SMILES string of the molecule is CCN(CC)C(=S)NC(c1ccccc1)c1ccccc1. The molecule has 0 heterocycles. The van der Waals surface area contributed by atoms with Crippen LogP contribution in [0.3, 0.4) is 0 Å². The molecule has 0 aliphatic rings. The van der Waals surface area contributed by atoms with Crippen molar-refractivity contribution in [3.63, 3.8) is 0 Å². The van der Waals surface area contributed by atoms with Crippen molar-refractivity contribution < 1.29 is 0 Å². The van der Waals surface area contributed by atoms with Crippen LogP contribution in [0.5, 0.6) is 0 Å². The maximum Gasteiger partial charge on any atom is 0.169 e. The van der Waals surface area contributed by atoms with Crippen LogP contribution in [0.4, 0.5) is 0 Å². The van der Waals surface area contributed by atoms with E-state index in [0.29, 0.717) is 0 Å². The second kappa shape index (κ2) is 7.79. The third-order valence-electron chi connectivity index (χ3n) is 3.58. The molecule has 0 radical (unpaired) electrons. The van der Waals surface area contributed by atoms with Crippen LogP contribution in [0.25, 0.3) is 0 Å². The third kappa shape index (κ3) is 4.05. The maximum absolute atomic E-state index is 5.56. The van der Waals surface area contributed by atoms with Gasteiger partial charge in [-0.2, -0.15) is 0 Å². The van der Waals surface area contributed by atoms with Crippen LogP contribution >= 0.6 is 12.2 Å². The van der Waals surface area contributed by atoms with Crippen LogP contribution in [0.15, 0.2) is 60.7 Å². The van der Waals surface area contributed by atoms with Gasteiger partial charge in [-0.1, -0.05) is 60.7 Å². The highest BCUT2D eigenvalue weighted by Gasteiger charge is 2.16. The van der Waals surface area contributed by atoms with Crippen molar-refractivity contribution in [2.24, 2.45) is 0 Å². The molecule has 0 aliphatic carbocycles. The Hall–Kier alpha value is -1.87. The fourth-order valence-electron chi connectivity index (χ4n) is 2.38. The van der Waals surface area contributed by atoms with Crippen LogP contribution in [0, 0.1) is 0 Å². The summed E-state index contributed by atoms with van der Waals surface area (Å²) in [4.78, 5) is 2.16. The van der Waals surface area contributed by atoms with Gasteiger partial charge >= 0.3 is 0 Å². The van der Waals surface area contributed by atoms with E-state index in [1.54, 1.807) is 0 Å². The minimum Gasteiger partial charge on any atom is -0.352 e. The maximum atomic E-state index is 5.56. The number of rotatable bonds is 5. The zero-order chi connectivity index (χ0) is 15.1. The molecule has 2 aromatic rings. The van der Waals surface area contributed by atoms with Crippen molar-refractivity contribution in [3.05, 3.63) is 71.8 Å². The molecule has 0 saturated carbocycles. The first-order valence-corrected chi connectivity index (χ1v) is 7.82. The first-order valence-electron chi connectivity index (χ1n) is 7.41. The van der Waals surface area contributed by atoms with Gasteiger partial charge in [0, 0.05) is 13.1 Å². The normalized spacial score (nSPS) is 10.4. The van der Waals surface area contributed by atoms with Gasteiger partial charge in [0.15, 0.2) is 5.11 Å². The molecular formula is C18H22N2S. The van der Waals surface area contributed by atoms with E-state index in [2.05, 4.69) is 72.6 Å². The summed E-state index contributed by atoms with van der Waals surface area (Å²) in [6.45, 7) is 6.08. The number of hydrogen-bond donors (Lipinski definition) is 1. The summed E-state index contributed by atoms with van der Waals surface area (Å²) in [6, 6.07) is 20.9. The summed E-state index contributed by atoms with van der Waals surface area (Å²) in [6.07, 6.45) is 0. The van der Waals surface area contributed by atoms with E-state index >= 15 is 0 Å². The van der Waals surface area contributed by atoms with E-state index in [4.69, 9.17) is 12.2 Å². The van der Waals surface area contributed by atoms with Gasteiger partial charge < -0.3 is 10.2 Å². The molecule has 0 bridgehead atoms. The molecule has 110 valence electrons. The molecule has 0 amide bonds. The fourth-order valence-corrected chi connectivity index (χ4v) is 2.75. The van der Waals surface area contributed by atoms with Gasteiger partial charge in [-0.15, -0.1) is 0 Å². The number of hydrogen-bond acceptors (Lipinski definition) is 1. The zero-order valence-electron chi connectivity index (χ0n) is 12.6. The van der Waals surface area contributed by atoms with Crippen LogP contribution in [0.1, 0.15) is 31.0 Å². The summed E-state index contributed by atoms with van der Waals surface area (Å²) in [5.41, 5.74) is 2.44. The van der Waals surface area contributed by atoms with Crippen molar-refractivity contribution in [2.45, 2.75) is 19.9 Å². The molecular weight excluding hydrogens is 276 g/mol. The van der Waals surface area contributed by atoms with Crippen LogP contribution in [-0.4, -0.2) is 23.1 Å². The molecule has 1 N–H and O–H groups in total. The molecule has 0 atom stereocenters. The summed E-state index contributed by atoms with van der Waals surface area (Å²) >= 11 is 5.56. The summed E-state index contributed by atoms with van der Waals surface area (Å²) < 4.78 is 0. The van der Waals surface area contributed by atoms with Gasteiger partial charge in [-0.05, 0) is 37.2 Å². The van der Waals surface area contributed by atoms with Gasteiger partial charge in [0.2, 0.25) is 0 Å². The Morgan fingerprint density at radius 2 is 1.33 bits per heavy atom. The molecule has 0 fully saturated rings. The van der Waals surface area contributed by atoms with Gasteiger partial charge in [-0.3, -0.25) is 0 Å². The molecule has 2 rings (SSSR count). The second-order valence-corrected chi connectivity index (χ2v) is 5.26. The molecule has 2 nitrogen and oxygen atoms in total. The molecule has 0 spiro atoms. The number of nitrogens with one attached hydrogen (secondary N) is 1. The van der Waals surface area contributed by atoms with Crippen molar-refractivity contribution in [2.75, 3.05) is 13.1 Å². The lowest BCUT2D eigenvalue weighted by atomic mass is 9.99. The van der Waals surface area contributed by atoms with Crippen molar-refractivity contribution in [1.29, 1.82) is 0 Å². The predicted octanol–water partition coefficient (Wildman–Crippen LogP) is 3.99. The van der Waals surface area contributed by atoms with Gasteiger partial charge in [0.05, 0.1) is 6.04 Å². The first-order chi connectivity index (χ1) is 10.3. The largest absolute Gasteiger partial charge is 0.352 e. The highest BCUT2D eigenvalue weighted by Crippen LogP contribution is 2.22. The molecule has 0 aromatic heterocycles. The van der Waals surface area contributed by atoms with E-state index in [-0.39, 0.29) is 6.04 Å². The Labute approximate surface area is 132 Å². The molecule has 0 unspecified atom stereocenters. The van der Waals surface area contributed by atoms with E-state index in [1.165, 1.54) is 11.1 Å². The summed E-state index contributed by atoms with van der Waals surface area (Å²) in [5, 5.41) is 4.31. The Balaban J connectivity index is 2.27. The molecule has 0 aliphatic heterocycles. The number of benzene rings is 2. The summed E-state index contributed by atoms with van der Waals surface area (Å²) in [5.74, 6) is 0. The van der Waals surface area contributed by atoms with Crippen LogP contribution in [-0.2, 0) is 0 Å². The Morgan fingerprint density at radius 3 is 1.71 bits per heavy atom. The molecule has 0 saturated heterocycles. The lowest BCUT2D eigenvalue weighted by Crippen LogP contribution is -2.41. The lowest BCUT2D eigenvalue weighted by Gasteiger charge is -2.28. The summed E-state index contributed by atoms with van der Waals surface area (Å²) in [7, 11) is 0. The zero-order valence-corrected chi connectivity index (χ0v) is 13.4. The Morgan fingerprint density at radius 1 is 0.905 bits per heavy atom. The minimum atomic E-state index is 0.0838. The van der Waals surface area contributed by atoms with Crippen molar-refractivity contribution in [1.82, 2.24) is 10.2 Å². The van der Waals surface area contributed by atoms with Crippen molar-refractivity contribution >= 4 is 17.3 Å². The number of nitrogens with zero attached hydrogens (tertiary/aromatic N) is 1. The van der Waals surface area contributed by atoms with Gasteiger partial charge in [0.1, 0.15) is 0 Å². The standard InChI is InChI=1S/C18H22N2S/c1-3-20(4-2)18(21)19-17(15-11-7-5-8-12-15)16-13-9-6-10-14-16/h5-14,17H,3-4H2,1-2H3,(H,19,21). The highest BCUT2D eigenvalue weighted by atomic mass is 32.1. The van der Waals surface area contributed by atoms with Crippen molar-refractivity contribution in [3.8, 4) is 0 Å². The average molecular weight is 298 g/mol. The van der Waals surface area contributed by atoms with Gasteiger partial charge in [-0.25, -0.2) is 0 Å². The van der Waals surface area contributed by atoms with E-state index in [9.17, 15) is 0 Å². The lowest BCUT2D eigenvalue weighted by molar-refractivity contribution is 0.451. The fraction of sp³-hybridized carbons (Fsp3) is 0.278. The minimum absolute atomic E-state index is 0.0838. The van der Waals surface area contributed by atoms with Crippen LogP contribution < -0.4 is 5.32 Å². The molecule has 3 heteroatoms. The first kappa shape index (κ1) is 15.5. The average Bonchev–Trinajstić information content (AvgIpc) is 2.55. The van der Waals surface area contributed by atoms with Gasteiger partial charge in [0.25, 0.3) is 0 Å². The van der Waals surface area contributed by atoms with E-state index < -0.39 is 0 Å². The molecule has 2 aromatic carbocycles. The predicted molar refractivity (Wildman–Crippen MR) is 93.4 cm³/mol. The smallest absolute Gasteiger partial charge is 0.169 e. The Bertz CT molecular complexity index is 510.